The minimum atomic E-state index is -0.361. The summed E-state index contributed by atoms with van der Waals surface area (Å²) in [5.41, 5.74) is 3.86. The maximum atomic E-state index is 13.5. The average Bonchev–Trinajstić information content (AvgIpc) is 3.08. The fraction of sp³-hybridized carbons (Fsp3) is 0.222. The molecule has 0 atom stereocenters. The van der Waals surface area contributed by atoms with E-state index in [2.05, 4.69) is 10.3 Å². The summed E-state index contributed by atoms with van der Waals surface area (Å²) in [6, 6.07) is 18.6. The lowest BCUT2D eigenvalue weighted by atomic mass is 10.0. The molecule has 7 nitrogen and oxygen atoms in total. The van der Waals surface area contributed by atoms with Crippen LogP contribution >= 0.6 is 0 Å². The maximum Gasteiger partial charge on any atom is 0.278 e. The van der Waals surface area contributed by atoms with Gasteiger partial charge in [-0.1, -0.05) is 19.1 Å². The summed E-state index contributed by atoms with van der Waals surface area (Å²) < 4.78 is 5.67. The van der Waals surface area contributed by atoms with E-state index in [1.54, 1.807) is 24.5 Å². The highest BCUT2D eigenvalue weighted by Crippen LogP contribution is 2.32. The standard InChI is InChI=1S/C27H28N4O3/c1-4-17-34-23-11-5-20(6-12-23)24-25(29-21-7-9-22(10-8-21)30(2)3)27(33)31(26(24)32)18-19-13-15-28-16-14-19/h5-16,29H,4,17-18H2,1-3H3. The highest BCUT2D eigenvalue weighted by Gasteiger charge is 2.39. The summed E-state index contributed by atoms with van der Waals surface area (Å²) in [6.45, 7) is 2.84. The van der Waals surface area contributed by atoms with Gasteiger partial charge in [0.2, 0.25) is 0 Å². The molecule has 0 radical (unpaired) electrons. The minimum absolute atomic E-state index is 0.173. The maximum absolute atomic E-state index is 13.5. The molecule has 2 aromatic carbocycles. The quantitative estimate of drug-likeness (QED) is 0.483. The Hall–Kier alpha value is -4.13. The van der Waals surface area contributed by atoms with Gasteiger partial charge in [0.1, 0.15) is 11.4 Å². The van der Waals surface area contributed by atoms with Gasteiger partial charge >= 0.3 is 0 Å². The van der Waals surface area contributed by atoms with Crippen LogP contribution in [-0.2, 0) is 16.1 Å². The Bertz CT molecular complexity index is 1190. The van der Waals surface area contributed by atoms with E-state index in [4.69, 9.17) is 4.74 Å². The van der Waals surface area contributed by atoms with Crippen LogP contribution in [0.5, 0.6) is 5.75 Å². The number of rotatable bonds is 9. The molecule has 2 heterocycles. The summed E-state index contributed by atoms with van der Waals surface area (Å²) in [7, 11) is 3.93. The first-order chi connectivity index (χ1) is 16.5. The molecule has 174 valence electrons. The number of aromatic nitrogens is 1. The number of ether oxygens (including phenoxy) is 1. The molecule has 0 spiro atoms. The zero-order chi connectivity index (χ0) is 24.1. The van der Waals surface area contributed by atoms with Gasteiger partial charge in [0.15, 0.2) is 0 Å². The van der Waals surface area contributed by atoms with Gasteiger partial charge in [0, 0.05) is 37.9 Å². The van der Waals surface area contributed by atoms with Crippen molar-refractivity contribution < 1.29 is 14.3 Å². The third-order valence-electron chi connectivity index (χ3n) is 5.53. The van der Waals surface area contributed by atoms with E-state index < -0.39 is 0 Å². The zero-order valence-corrected chi connectivity index (χ0v) is 19.6. The van der Waals surface area contributed by atoms with E-state index in [0.717, 1.165) is 29.1 Å². The Kier molecular flexibility index (Phi) is 6.92. The number of pyridine rings is 1. The second-order valence-corrected chi connectivity index (χ2v) is 8.24. The lowest BCUT2D eigenvalue weighted by Gasteiger charge is -2.16. The molecule has 1 aromatic heterocycles. The number of anilines is 2. The van der Waals surface area contributed by atoms with Crippen LogP contribution in [-0.4, -0.2) is 42.4 Å². The molecule has 1 aliphatic rings. The van der Waals surface area contributed by atoms with E-state index in [-0.39, 0.29) is 24.1 Å². The molecule has 3 aromatic rings. The van der Waals surface area contributed by atoms with E-state index in [1.165, 1.54) is 4.90 Å². The van der Waals surface area contributed by atoms with Gasteiger partial charge < -0.3 is 15.0 Å². The fourth-order valence-corrected chi connectivity index (χ4v) is 3.70. The largest absolute Gasteiger partial charge is 0.494 e. The lowest BCUT2D eigenvalue weighted by Crippen LogP contribution is -2.32. The van der Waals surface area contributed by atoms with Crippen LogP contribution in [0.1, 0.15) is 24.5 Å². The smallest absolute Gasteiger partial charge is 0.278 e. The second kappa shape index (κ2) is 10.2. The van der Waals surface area contributed by atoms with Crippen molar-refractivity contribution in [3.05, 3.63) is 89.9 Å². The van der Waals surface area contributed by atoms with Gasteiger partial charge in [0.25, 0.3) is 11.8 Å². The summed E-state index contributed by atoms with van der Waals surface area (Å²) in [5.74, 6) is 0.0293. The third-order valence-corrected chi connectivity index (χ3v) is 5.53. The van der Waals surface area contributed by atoms with E-state index in [1.807, 2.05) is 74.4 Å². The summed E-state index contributed by atoms with van der Waals surface area (Å²) in [4.78, 5) is 34.2. The molecule has 0 aliphatic carbocycles. The van der Waals surface area contributed by atoms with Crippen LogP contribution in [0.15, 0.2) is 78.8 Å². The van der Waals surface area contributed by atoms with Crippen molar-refractivity contribution in [3.8, 4) is 5.75 Å². The second-order valence-electron chi connectivity index (χ2n) is 8.24. The average molecular weight is 457 g/mol. The van der Waals surface area contributed by atoms with Gasteiger partial charge in [-0.15, -0.1) is 0 Å². The van der Waals surface area contributed by atoms with Gasteiger partial charge in [-0.25, -0.2) is 0 Å². The number of carbonyl (C=O) groups excluding carboxylic acids is 2. The first-order valence-corrected chi connectivity index (χ1v) is 11.2. The number of hydrogen-bond donors (Lipinski definition) is 1. The van der Waals surface area contributed by atoms with Crippen LogP contribution in [0, 0.1) is 0 Å². The normalized spacial score (nSPS) is 13.4. The molecular formula is C27H28N4O3. The monoisotopic (exact) mass is 456 g/mol. The van der Waals surface area contributed by atoms with Crippen LogP contribution in [0.25, 0.3) is 5.57 Å². The van der Waals surface area contributed by atoms with Crippen LogP contribution in [0.4, 0.5) is 11.4 Å². The summed E-state index contributed by atoms with van der Waals surface area (Å²) in [6.07, 6.45) is 4.20. The van der Waals surface area contributed by atoms with Gasteiger partial charge in [0.05, 0.1) is 18.7 Å². The van der Waals surface area contributed by atoms with E-state index in [9.17, 15) is 9.59 Å². The molecule has 4 rings (SSSR count). The number of hydrogen-bond acceptors (Lipinski definition) is 6. The molecule has 0 unspecified atom stereocenters. The fourth-order valence-electron chi connectivity index (χ4n) is 3.70. The van der Waals surface area contributed by atoms with Crippen molar-refractivity contribution in [2.75, 3.05) is 30.9 Å². The number of imide groups is 1. The van der Waals surface area contributed by atoms with E-state index >= 15 is 0 Å². The Morgan fingerprint density at radius 1 is 0.912 bits per heavy atom. The Morgan fingerprint density at radius 2 is 1.59 bits per heavy atom. The topological polar surface area (TPSA) is 74.8 Å². The van der Waals surface area contributed by atoms with Crippen molar-refractivity contribution in [1.82, 2.24) is 9.88 Å². The molecule has 7 heteroatoms. The number of carbonyl (C=O) groups is 2. The number of nitrogens with one attached hydrogen (secondary N) is 1. The highest BCUT2D eigenvalue weighted by molar-refractivity contribution is 6.36. The Balaban J connectivity index is 1.68. The number of nitrogens with zero attached hydrogens (tertiary/aromatic N) is 3. The molecule has 0 saturated carbocycles. The molecule has 0 saturated heterocycles. The predicted molar refractivity (Wildman–Crippen MR) is 133 cm³/mol. The van der Waals surface area contributed by atoms with Gasteiger partial charge in [-0.05, 0) is 66.1 Å². The molecule has 1 aliphatic heterocycles. The molecule has 0 fully saturated rings. The minimum Gasteiger partial charge on any atom is -0.494 e. The first-order valence-electron chi connectivity index (χ1n) is 11.2. The van der Waals surface area contributed by atoms with Crippen molar-refractivity contribution >= 4 is 28.8 Å². The summed E-state index contributed by atoms with van der Waals surface area (Å²) >= 11 is 0. The van der Waals surface area contributed by atoms with Crippen molar-refractivity contribution in [3.63, 3.8) is 0 Å². The van der Waals surface area contributed by atoms with E-state index in [0.29, 0.717) is 17.7 Å². The zero-order valence-electron chi connectivity index (χ0n) is 19.6. The molecule has 1 N–H and O–H groups in total. The van der Waals surface area contributed by atoms with Crippen molar-refractivity contribution in [1.29, 1.82) is 0 Å². The molecular weight excluding hydrogens is 428 g/mol. The summed E-state index contributed by atoms with van der Waals surface area (Å²) in [5, 5.41) is 3.21. The van der Waals surface area contributed by atoms with Crippen LogP contribution in [0.2, 0.25) is 0 Å². The SMILES string of the molecule is CCCOc1ccc(C2=C(Nc3ccc(N(C)C)cc3)C(=O)N(Cc3ccncc3)C2=O)cc1. The van der Waals surface area contributed by atoms with Crippen LogP contribution < -0.4 is 15.0 Å². The predicted octanol–water partition coefficient (Wildman–Crippen LogP) is 4.33. The van der Waals surface area contributed by atoms with Crippen molar-refractivity contribution in [2.24, 2.45) is 0 Å². The molecule has 2 amide bonds. The number of benzene rings is 2. The third kappa shape index (κ3) is 4.93. The lowest BCUT2D eigenvalue weighted by molar-refractivity contribution is -0.137. The van der Waals surface area contributed by atoms with Gasteiger partial charge in [-0.3, -0.25) is 19.5 Å². The Morgan fingerprint density at radius 3 is 2.21 bits per heavy atom. The van der Waals surface area contributed by atoms with Gasteiger partial charge in [-0.2, -0.15) is 0 Å². The molecule has 34 heavy (non-hydrogen) atoms. The van der Waals surface area contributed by atoms with Crippen molar-refractivity contribution in [2.45, 2.75) is 19.9 Å². The Labute approximate surface area is 199 Å². The highest BCUT2D eigenvalue weighted by atomic mass is 16.5. The number of amides is 2. The van der Waals surface area contributed by atoms with Crippen LogP contribution in [0.3, 0.4) is 0 Å². The molecule has 0 bridgehead atoms. The first kappa shape index (κ1) is 23.0.